The summed E-state index contributed by atoms with van der Waals surface area (Å²) in [4.78, 5) is 0. The van der Waals surface area contributed by atoms with Gasteiger partial charge in [-0.3, -0.25) is 4.55 Å². The van der Waals surface area contributed by atoms with Crippen LogP contribution in [0.4, 0.5) is 0 Å². The first-order chi connectivity index (χ1) is 4.39. The molecule has 0 radical (unpaired) electrons. The molecule has 0 aromatic carbocycles. The molecular weight excluding hydrogens is 162 g/mol. The maximum absolute atomic E-state index is 10.0. The molecule has 2 unspecified atom stereocenters. The molecule has 0 amide bonds. The molecule has 0 bridgehead atoms. The number of aliphatic hydroxyl groups excluding tert-OH is 2. The van der Waals surface area contributed by atoms with Gasteiger partial charge in [-0.1, -0.05) is 0 Å². The average molecular weight is 171 g/mol. The van der Waals surface area contributed by atoms with Crippen molar-refractivity contribution >= 4 is 10.1 Å². The lowest BCUT2D eigenvalue weighted by molar-refractivity contribution is 0.156. The molecule has 2 atom stereocenters. The van der Waals surface area contributed by atoms with Gasteiger partial charge in [0.05, 0.1) is 12.6 Å². The average Bonchev–Trinajstić information content (AvgIpc) is 1.83. The van der Waals surface area contributed by atoms with Gasteiger partial charge < -0.3 is 15.9 Å². The van der Waals surface area contributed by atoms with Crippen molar-refractivity contribution < 1.29 is 23.2 Å². The Kier molecular flexibility index (Phi) is 3.19. The Bertz CT molecular complexity index is 187. The molecule has 0 aromatic rings. The molecule has 0 rings (SSSR count). The van der Waals surface area contributed by atoms with Crippen LogP contribution in [-0.4, -0.2) is 41.3 Å². The Morgan fingerprint density at radius 1 is 1.50 bits per heavy atom. The number of rotatable bonds is 3. The summed E-state index contributed by atoms with van der Waals surface area (Å²) in [6.07, 6.45) is 0. The summed E-state index contributed by atoms with van der Waals surface area (Å²) in [6, 6.07) is -1.37. The topological polar surface area (TPSA) is 121 Å². The summed E-state index contributed by atoms with van der Waals surface area (Å²) >= 11 is 0. The van der Waals surface area contributed by atoms with Crippen molar-refractivity contribution in [3.63, 3.8) is 0 Å². The first kappa shape index (κ1) is 9.79. The van der Waals surface area contributed by atoms with Crippen molar-refractivity contribution in [2.24, 2.45) is 5.73 Å². The lowest BCUT2D eigenvalue weighted by Crippen LogP contribution is -2.42. The van der Waals surface area contributed by atoms with E-state index in [4.69, 9.17) is 20.5 Å². The predicted octanol–water partition coefficient (Wildman–Crippen LogP) is -2.49. The second-order valence-electron chi connectivity index (χ2n) is 1.75. The molecule has 7 heteroatoms. The Morgan fingerprint density at radius 3 is 2.00 bits per heavy atom. The molecule has 0 fully saturated rings. The summed E-state index contributed by atoms with van der Waals surface area (Å²) in [7, 11) is -4.54. The number of hydrogen-bond donors (Lipinski definition) is 4. The van der Waals surface area contributed by atoms with Crippen molar-refractivity contribution in [1.82, 2.24) is 0 Å². The first-order valence-corrected chi connectivity index (χ1v) is 3.90. The molecule has 0 aliphatic rings. The number of aliphatic hydroxyl groups is 2. The summed E-state index contributed by atoms with van der Waals surface area (Å²) in [5.74, 6) is 0. The SMILES string of the molecule is NC(CO)C(O)S(=O)(=O)O. The second kappa shape index (κ2) is 3.26. The van der Waals surface area contributed by atoms with Crippen molar-refractivity contribution in [2.75, 3.05) is 6.61 Å². The molecule has 0 saturated heterocycles. The third-order valence-electron chi connectivity index (χ3n) is 0.882. The van der Waals surface area contributed by atoms with E-state index in [1.54, 1.807) is 0 Å². The first-order valence-electron chi connectivity index (χ1n) is 2.40. The van der Waals surface area contributed by atoms with Crippen LogP contribution in [0.3, 0.4) is 0 Å². The normalized spacial score (nSPS) is 18.4. The van der Waals surface area contributed by atoms with E-state index in [1.807, 2.05) is 0 Å². The predicted molar refractivity (Wildman–Crippen MR) is 32.6 cm³/mol. The molecule has 0 saturated carbocycles. The van der Waals surface area contributed by atoms with Gasteiger partial charge in [0.2, 0.25) is 0 Å². The van der Waals surface area contributed by atoms with Gasteiger partial charge in [-0.05, 0) is 0 Å². The molecule has 0 aliphatic heterocycles. The van der Waals surface area contributed by atoms with Gasteiger partial charge in [-0.15, -0.1) is 0 Å². The zero-order chi connectivity index (χ0) is 8.36. The molecule has 5 N–H and O–H groups in total. The fraction of sp³-hybridized carbons (Fsp3) is 1.00. The zero-order valence-electron chi connectivity index (χ0n) is 5.01. The zero-order valence-corrected chi connectivity index (χ0v) is 5.82. The highest BCUT2D eigenvalue weighted by molar-refractivity contribution is 7.86. The highest BCUT2D eigenvalue weighted by atomic mass is 32.2. The van der Waals surface area contributed by atoms with E-state index in [0.29, 0.717) is 0 Å². The molecule has 62 valence electrons. The van der Waals surface area contributed by atoms with E-state index in [9.17, 15) is 8.42 Å². The van der Waals surface area contributed by atoms with Gasteiger partial charge in [0.25, 0.3) is 10.1 Å². The van der Waals surface area contributed by atoms with Crippen LogP contribution in [0.1, 0.15) is 0 Å². The van der Waals surface area contributed by atoms with Crippen LogP contribution in [0.25, 0.3) is 0 Å². The lowest BCUT2D eigenvalue weighted by Gasteiger charge is -2.12. The minimum atomic E-state index is -4.54. The number of nitrogens with two attached hydrogens (primary N) is 1. The Labute approximate surface area is 58.0 Å². The van der Waals surface area contributed by atoms with Crippen molar-refractivity contribution in [3.8, 4) is 0 Å². The monoisotopic (exact) mass is 171 g/mol. The third kappa shape index (κ3) is 2.58. The Balaban J connectivity index is 4.23. The Morgan fingerprint density at radius 2 is 1.90 bits per heavy atom. The molecule has 0 aliphatic carbocycles. The van der Waals surface area contributed by atoms with E-state index in [1.165, 1.54) is 0 Å². The van der Waals surface area contributed by atoms with Gasteiger partial charge in [0, 0.05) is 0 Å². The van der Waals surface area contributed by atoms with Gasteiger partial charge in [-0.2, -0.15) is 8.42 Å². The van der Waals surface area contributed by atoms with Crippen LogP contribution >= 0.6 is 0 Å². The second-order valence-corrected chi connectivity index (χ2v) is 3.26. The van der Waals surface area contributed by atoms with Gasteiger partial charge in [-0.25, -0.2) is 0 Å². The Hall–Kier alpha value is -0.210. The number of hydrogen-bond acceptors (Lipinski definition) is 5. The van der Waals surface area contributed by atoms with E-state index >= 15 is 0 Å². The molecule has 0 heterocycles. The fourth-order valence-corrected chi connectivity index (χ4v) is 0.839. The largest absolute Gasteiger partial charge is 0.395 e. The van der Waals surface area contributed by atoms with Gasteiger partial charge in [0.15, 0.2) is 5.44 Å². The fourth-order valence-electron chi connectivity index (χ4n) is 0.311. The van der Waals surface area contributed by atoms with E-state index in [-0.39, 0.29) is 0 Å². The van der Waals surface area contributed by atoms with E-state index in [2.05, 4.69) is 0 Å². The summed E-state index contributed by atoms with van der Waals surface area (Å²) in [5.41, 5.74) is 2.75. The molecule has 10 heavy (non-hydrogen) atoms. The van der Waals surface area contributed by atoms with Crippen LogP contribution in [0.15, 0.2) is 0 Å². The van der Waals surface area contributed by atoms with Gasteiger partial charge in [0.1, 0.15) is 0 Å². The summed E-state index contributed by atoms with van der Waals surface area (Å²) in [5, 5.41) is 16.7. The smallest absolute Gasteiger partial charge is 0.293 e. The minimum Gasteiger partial charge on any atom is -0.395 e. The third-order valence-corrected chi connectivity index (χ3v) is 1.84. The maximum Gasteiger partial charge on any atom is 0.293 e. The van der Waals surface area contributed by atoms with Crippen LogP contribution in [-0.2, 0) is 10.1 Å². The minimum absolute atomic E-state index is 0.707. The van der Waals surface area contributed by atoms with Crippen LogP contribution in [0, 0.1) is 0 Å². The lowest BCUT2D eigenvalue weighted by atomic mass is 10.4. The van der Waals surface area contributed by atoms with Crippen molar-refractivity contribution in [1.29, 1.82) is 0 Å². The van der Waals surface area contributed by atoms with E-state index in [0.717, 1.165) is 0 Å². The quantitative estimate of drug-likeness (QED) is 0.349. The van der Waals surface area contributed by atoms with Gasteiger partial charge >= 0.3 is 0 Å². The highest BCUT2D eigenvalue weighted by Gasteiger charge is 2.26. The summed E-state index contributed by atoms with van der Waals surface area (Å²) < 4.78 is 28.2. The standard InChI is InChI=1S/C3H9NO5S/c4-2(1-5)3(6)10(7,8)9/h2-3,5-6H,1,4H2,(H,7,8,9). The van der Waals surface area contributed by atoms with Crippen LogP contribution in [0.5, 0.6) is 0 Å². The van der Waals surface area contributed by atoms with Crippen LogP contribution in [0.2, 0.25) is 0 Å². The van der Waals surface area contributed by atoms with Crippen LogP contribution < -0.4 is 5.73 Å². The van der Waals surface area contributed by atoms with E-state index < -0.39 is 28.2 Å². The molecular formula is C3H9NO5S. The van der Waals surface area contributed by atoms with Crippen molar-refractivity contribution in [3.05, 3.63) is 0 Å². The molecule has 0 aromatic heterocycles. The van der Waals surface area contributed by atoms with Crippen molar-refractivity contribution in [2.45, 2.75) is 11.5 Å². The maximum atomic E-state index is 10.0. The molecule has 6 nitrogen and oxygen atoms in total. The summed E-state index contributed by atoms with van der Waals surface area (Å²) in [6.45, 7) is -0.707. The molecule has 0 spiro atoms. The highest BCUT2D eigenvalue weighted by Crippen LogP contribution is 1.97.